The molecule has 0 amide bonds. The summed E-state index contributed by atoms with van der Waals surface area (Å²) < 4.78 is 4.55. The molecule has 4 nitrogen and oxygen atoms in total. The molecule has 1 N–H and O–H groups in total. The van der Waals surface area contributed by atoms with E-state index >= 15 is 0 Å². The first-order valence-corrected chi connectivity index (χ1v) is 6.55. The molecule has 0 saturated heterocycles. The van der Waals surface area contributed by atoms with Crippen molar-refractivity contribution < 1.29 is 19.4 Å². The van der Waals surface area contributed by atoms with Crippen LogP contribution >= 0.6 is 11.6 Å². The Kier molecular flexibility index (Phi) is 6.15. The van der Waals surface area contributed by atoms with Crippen molar-refractivity contribution in [2.45, 2.75) is 17.2 Å². The Hall–Kier alpha value is -0.251. The molecule has 12 heavy (non-hydrogen) atoms. The predicted octanol–water partition coefficient (Wildman–Crippen LogP) is 0.392. The zero-order valence-corrected chi connectivity index (χ0v) is 8.92. The topological polar surface area (TPSA) is 63.6 Å². The fourth-order valence-electron chi connectivity index (χ4n) is 0.497. The molecule has 0 spiro atoms. The molecule has 0 radical (unpaired) electrons. The van der Waals surface area contributed by atoms with Gasteiger partial charge in [0.15, 0.2) is 0 Å². The summed E-state index contributed by atoms with van der Waals surface area (Å²) in [4.78, 5) is 21.0. The number of aliphatic carboxylic acids is 1. The van der Waals surface area contributed by atoms with Crippen LogP contribution < -0.4 is 0 Å². The Labute approximate surface area is 81.4 Å². The second kappa shape index (κ2) is 6.29. The molecule has 0 aromatic heterocycles. The third-order valence-corrected chi connectivity index (χ3v) is 2.53. The molecule has 0 aliphatic rings. The van der Waals surface area contributed by atoms with Crippen molar-refractivity contribution in [2.24, 2.45) is 0 Å². The molecule has 0 heterocycles. The molecule has 0 saturated carbocycles. The van der Waals surface area contributed by atoms with Crippen molar-refractivity contribution in [1.29, 1.82) is 0 Å². The Bertz CT molecular complexity index is 171. The number of ether oxygens (including phenoxy) is 1. The van der Waals surface area contributed by atoms with E-state index < -0.39 is 18.0 Å². The minimum atomic E-state index is -1.11. The van der Waals surface area contributed by atoms with Gasteiger partial charge in [0.2, 0.25) is 0 Å². The third kappa shape index (κ3) is 4.59. The maximum absolute atomic E-state index is 10.6. The molecule has 70 valence electrons. The molecular formula is C6H9ClO4Se. The van der Waals surface area contributed by atoms with E-state index in [-0.39, 0.29) is 20.8 Å². The van der Waals surface area contributed by atoms with Crippen molar-refractivity contribution >= 4 is 38.5 Å². The van der Waals surface area contributed by atoms with Crippen LogP contribution in [0.1, 0.15) is 0 Å². The van der Waals surface area contributed by atoms with Crippen LogP contribution in [0.15, 0.2) is 0 Å². The fourth-order valence-corrected chi connectivity index (χ4v) is 1.64. The number of hydrogen-bond donors (Lipinski definition) is 1. The molecular weight excluding hydrogens is 250 g/mol. The Morgan fingerprint density at radius 1 is 1.67 bits per heavy atom. The molecule has 0 aliphatic carbocycles. The summed E-state index contributed by atoms with van der Waals surface area (Å²) in [5, 5.41) is 8.92. The first-order chi connectivity index (χ1) is 5.61. The van der Waals surface area contributed by atoms with Gasteiger partial charge < -0.3 is 0 Å². The van der Waals surface area contributed by atoms with Crippen molar-refractivity contribution in [3.63, 3.8) is 0 Å². The number of hydrogen-bond acceptors (Lipinski definition) is 3. The van der Waals surface area contributed by atoms with Crippen LogP contribution in [0.25, 0.3) is 0 Å². The summed E-state index contributed by atoms with van der Waals surface area (Å²) in [7, 11) is 0. The summed E-state index contributed by atoms with van der Waals surface area (Å²) in [6.07, 6.45) is -1.03. The first-order valence-electron chi connectivity index (χ1n) is 3.09. The normalized spacial score (nSPS) is 12.2. The molecule has 6 heteroatoms. The zero-order valence-electron chi connectivity index (χ0n) is 6.45. The van der Waals surface area contributed by atoms with E-state index in [2.05, 4.69) is 4.74 Å². The van der Waals surface area contributed by atoms with E-state index in [4.69, 9.17) is 16.7 Å². The van der Waals surface area contributed by atoms with Crippen LogP contribution in [0.2, 0.25) is 11.1 Å². The average Bonchev–Trinajstić information content (AvgIpc) is 2.03. The summed E-state index contributed by atoms with van der Waals surface area (Å²) >= 11 is 5.30. The van der Waals surface area contributed by atoms with Gasteiger partial charge in [0.1, 0.15) is 0 Å². The van der Waals surface area contributed by atoms with Gasteiger partial charge in [-0.3, -0.25) is 0 Å². The number of alkyl halides is 1. The number of esters is 1. The average molecular weight is 260 g/mol. The van der Waals surface area contributed by atoms with E-state index in [9.17, 15) is 9.59 Å². The van der Waals surface area contributed by atoms with Crippen LogP contribution in [0, 0.1) is 0 Å². The Morgan fingerprint density at radius 3 is 2.58 bits per heavy atom. The first kappa shape index (κ1) is 11.7. The summed E-state index contributed by atoms with van der Waals surface area (Å²) in [5.41, 5.74) is 0. The van der Waals surface area contributed by atoms with Crippen LogP contribution in [-0.2, 0) is 14.3 Å². The number of carboxylic acid groups (broad SMARTS) is 1. The molecule has 0 aromatic rings. The zero-order chi connectivity index (χ0) is 9.56. The fraction of sp³-hybridized carbons (Fsp3) is 0.667. The number of carbonyl (C=O) groups excluding carboxylic acids is 1. The second-order valence-electron chi connectivity index (χ2n) is 1.91. The summed E-state index contributed by atoms with van der Waals surface area (Å²) in [5.74, 6) is -0.233. The SMILES string of the molecule is C[Se]CC(OC(=O)CCl)C(=O)O. The van der Waals surface area contributed by atoms with Crippen molar-refractivity contribution in [3.8, 4) is 0 Å². The third-order valence-electron chi connectivity index (χ3n) is 0.976. The molecule has 0 fully saturated rings. The molecule has 1 atom stereocenters. The number of carboxylic acids is 1. The molecule has 1 unspecified atom stereocenters. The van der Waals surface area contributed by atoms with E-state index in [1.807, 2.05) is 5.82 Å². The van der Waals surface area contributed by atoms with Crippen molar-refractivity contribution in [3.05, 3.63) is 0 Å². The van der Waals surface area contributed by atoms with Gasteiger partial charge in [0.05, 0.1) is 0 Å². The van der Waals surface area contributed by atoms with Crippen LogP contribution in [0.5, 0.6) is 0 Å². The summed E-state index contributed by atoms with van der Waals surface area (Å²) in [6.45, 7) is 0. The van der Waals surface area contributed by atoms with E-state index in [0.29, 0.717) is 5.32 Å². The van der Waals surface area contributed by atoms with E-state index in [1.165, 1.54) is 0 Å². The molecule has 0 bridgehead atoms. The van der Waals surface area contributed by atoms with Gasteiger partial charge >= 0.3 is 81.1 Å². The van der Waals surface area contributed by atoms with Gasteiger partial charge in [-0.25, -0.2) is 0 Å². The van der Waals surface area contributed by atoms with Crippen molar-refractivity contribution in [2.75, 3.05) is 5.88 Å². The van der Waals surface area contributed by atoms with E-state index in [1.54, 1.807) is 0 Å². The number of halogens is 1. The Balaban J connectivity index is 3.95. The second-order valence-corrected chi connectivity index (χ2v) is 4.08. The minimum absolute atomic E-state index is 0.162. The van der Waals surface area contributed by atoms with Crippen molar-refractivity contribution in [1.82, 2.24) is 0 Å². The quantitative estimate of drug-likeness (QED) is 0.441. The Morgan fingerprint density at radius 2 is 2.25 bits per heavy atom. The summed E-state index contributed by atoms with van der Waals surface area (Å²) in [6, 6.07) is 0. The van der Waals surface area contributed by atoms with Gasteiger partial charge in [0.25, 0.3) is 0 Å². The maximum atomic E-state index is 10.6. The number of rotatable bonds is 5. The standard InChI is InChI=1S/C6H9ClO4Se/c1-12-3-4(6(9)10)11-5(8)2-7/h4H,2-3H2,1H3,(H,9,10). The van der Waals surface area contributed by atoms with E-state index in [0.717, 1.165) is 0 Å². The van der Waals surface area contributed by atoms with Gasteiger partial charge in [-0.15, -0.1) is 0 Å². The molecule has 0 aromatic carbocycles. The van der Waals surface area contributed by atoms with Crippen LogP contribution in [0.3, 0.4) is 0 Å². The van der Waals surface area contributed by atoms with Gasteiger partial charge in [0, 0.05) is 0 Å². The molecule has 0 rings (SSSR count). The van der Waals surface area contributed by atoms with Crippen LogP contribution in [-0.4, -0.2) is 44.0 Å². The number of carbonyl (C=O) groups is 2. The van der Waals surface area contributed by atoms with Gasteiger partial charge in [-0.2, -0.15) is 0 Å². The van der Waals surface area contributed by atoms with Crippen LogP contribution in [0.4, 0.5) is 0 Å². The predicted molar refractivity (Wildman–Crippen MR) is 44.7 cm³/mol. The molecule has 0 aliphatic heterocycles. The van der Waals surface area contributed by atoms with Gasteiger partial charge in [-0.1, -0.05) is 0 Å². The monoisotopic (exact) mass is 260 g/mol. The van der Waals surface area contributed by atoms with Gasteiger partial charge in [-0.05, 0) is 0 Å².